The van der Waals surface area contributed by atoms with E-state index in [4.69, 9.17) is 0 Å². The van der Waals surface area contributed by atoms with E-state index < -0.39 is 5.41 Å². The number of allylic oxidation sites excluding steroid dienone is 2. The smallest absolute Gasteiger partial charge is 0.164 e. The number of aliphatic hydroxyl groups is 1. The van der Waals surface area contributed by atoms with Gasteiger partial charge in [0.25, 0.3) is 0 Å². The molecule has 0 atom stereocenters. The third-order valence-corrected chi connectivity index (χ3v) is 4.91. The fourth-order valence-electron chi connectivity index (χ4n) is 2.94. The van der Waals surface area contributed by atoms with Crippen molar-refractivity contribution < 1.29 is 34.4 Å². The van der Waals surface area contributed by atoms with E-state index in [1.165, 1.54) is 18.2 Å². The van der Waals surface area contributed by atoms with Gasteiger partial charge in [-0.15, -0.1) is 34.9 Å². The van der Waals surface area contributed by atoms with Crippen LogP contribution in [0.25, 0.3) is 22.0 Å². The van der Waals surface area contributed by atoms with E-state index in [0.717, 1.165) is 33.2 Å². The maximum atomic E-state index is 13.5. The van der Waals surface area contributed by atoms with Crippen LogP contribution in [0.3, 0.4) is 0 Å². The van der Waals surface area contributed by atoms with Crippen molar-refractivity contribution in [2.75, 3.05) is 0 Å². The Morgan fingerprint density at radius 2 is 1.62 bits per heavy atom. The zero-order valence-electron chi connectivity index (χ0n) is 20.6. The second-order valence-electron chi connectivity index (χ2n) is 10.2. The SMILES string of the molecule is C.CC(C)(C)C(=O)C=C(O)C(C)(C)C.Cc1[c-]c(-c2nccc3ccc(F)cc23)cc(C)c1.[Ir]. The summed E-state index contributed by atoms with van der Waals surface area (Å²) in [5.74, 6) is -0.140. The normalized spacial score (nSPS) is 11.6. The minimum atomic E-state index is -0.417. The fraction of sp³-hybridized carbons (Fsp3) is 0.379. The van der Waals surface area contributed by atoms with Gasteiger partial charge < -0.3 is 10.1 Å². The summed E-state index contributed by atoms with van der Waals surface area (Å²) in [5.41, 5.74) is 3.14. The number of fused-ring (bicyclic) bond motifs is 1. The Morgan fingerprint density at radius 3 is 2.15 bits per heavy atom. The minimum absolute atomic E-state index is 0. The number of carbonyl (C=O) groups is 1. The van der Waals surface area contributed by atoms with E-state index in [9.17, 15) is 14.3 Å². The van der Waals surface area contributed by atoms with Crippen molar-refractivity contribution in [2.45, 2.75) is 62.8 Å². The first-order chi connectivity index (χ1) is 14.7. The number of aliphatic hydroxyl groups excluding tert-OH is 1. The number of carbonyl (C=O) groups excluding carboxylic acids is 1. The Morgan fingerprint density at radius 1 is 1.00 bits per heavy atom. The molecule has 0 spiro atoms. The number of ketones is 1. The minimum Gasteiger partial charge on any atom is -0.512 e. The standard InChI is InChI=1S/C17H13FN.C11H20O2.CH4.Ir/c1-11-7-12(2)9-14(8-11)17-16-10-15(18)4-3-13(16)5-6-19-17;1-10(2,3)8(12)7-9(13)11(4,5)6;;/h3-8,10H,1-2H3;7,12H,1-6H3;1H4;/q-1;;;. The third kappa shape index (κ3) is 8.77. The molecule has 5 heteroatoms. The van der Waals surface area contributed by atoms with Gasteiger partial charge in [-0.3, -0.25) is 4.79 Å². The summed E-state index contributed by atoms with van der Waals surface area (Å²) in [6.07, 6.45) is 3.08. The number of nitrogens with zero attached hydrogens (tertiary/aromatic N) is 1. The van der Waals surface area contributed by atoms with Crippen molar-refractivity contribution >= 4 is 16.6 Å². The number of benzene rings is 2. The molecule has 2 aromatic carbocycles. The van der Waals surface area contributed by atoms with Gasteiger partial charge in [0.2, 0.25) is 0 Å². The molecule has 0 amide bonds. The monoisotopic (exact) mass is 643 g/mol. The zero-order chi connectivity index (χ0) is 24.3. The van der Waals surface area contributed by atoms with Crippen LogP contribution in [0.2, 0.25) is 0 Å². The van der Waals surface area contributed by atoms with Gasteiger partial charge in [0.05, 0.1) is 0 Å². The molecule has 0 saturated carbocycles. The predicted molar refractivity (Wildman–Crippen MR) is 137 cm³/mol. The molecular formula is C29H37FIrNO2-. The molecule has 0 aliphatic rings. The summed E-state index contributed by atoms with van der Waals surface area (Å²) in [6, 6.07) is 14.0. The van der Waals surface area contributed by atoms with E-state index in [-0.39, 0.29) is 50.3 Å². The van der Waals surface area contributed by atoms with Crippen molar-refractivity contribution in [2.24, 2.45) is 10.8 Å². The van der Waals surface area contributed by atoms with Crippen LogP contribution in [-0.2, 0) is 24.9 Å². The molecule has 0 unspecified atom stereocenters. The van der Waals surface area contributed by atoms with Crippen LogP contribution in [0.1, 0.15) is 60.1 Å². The summed E-state index contributed by atoms with van der Waals surface area (Å²) < 4.78 is 13.5. The Kier molecular flexibility index (Phi) is 11.5. The van der Waals surface area contributed by atoms with Gasteiger partial charge in [0.15, 0.2) is 5.78 Å². The molecule has 0 aliphatic carbocycles. The van der Waals surface area contributed by atoms with Gasteiger partial charge in [-0.1, -0.05) is 68.9 Å². The van der Waals surface area contributed by atoms with Gasteiger partial charge in [-0.2, -0.15) is 0 Å². The molecule has 1 heterocycles. The number of hydrogen-bond donors (Lipinski definition) is 1. The van der Waals surface area contributed by atoms with Crippen molar-refractivity contribution in [1.29, 1.82) is 0 Å². The van der Waals surface area contributed by atoms with Gasteiger partial charge in [-0.05, 0) is 34.7 Å². The van der Waals surface area contributed by atoms with Crippen LogP contribution in [0, 0.1) is 36.6 Å². The third-order valence-electron chi connectivity index (χ3n) is 4.91. The first-order valence-corrected chi connectivity index (χ1v) is 10.7. The maximum absolute atomic E-state index is 13.5. The number of pyridine rings is 1. The van der Waals surface area contributed by atoms with Gasteiger partial charge in [0.1, 0.15) is 11.6 Å². The summed E-state index contributed by atoms with van der Waals surface area (Å²) in [4.78, 5) is 15.9. The van der Waals surface area contributed by atoms with E-state index in [1.54, 1.807) is 12.3 Å². The molecule has 0 fully saturated rings. The second-order valence-corrected chi connectivity index (χ2v) is 10.2. The van der Waals surface area contributed by atoms with Crippen LogP contribution in [0.15, 0.2) is 54.4 Å². The Labute approximate surface area is 217 Å². The number of hydrogen-bond acceptors (Lipinski definition) is 3. The molecular weight excluding hydrogens is 606 g/mol. The molecule has 1 radical (unpaired) electrons. The molecule has 0 saturated heterocycles. The summed E-state index contributed by atoms with van der Waals surface area (Å²) in [6.45, 7) is 15.2. The van der Waals surface area contributed by atoms with Crippen molar-refractivity contribution in [3.05, 3.63) is 77.4 Å². The Bertz CT molecular complexity index is 1130. The average Bonchev–Trinajstić information content (AvgIpc) is 2.65. The zero-order valence-corrected chi connectivity index (χ0v) is 23.0. The first kappa shape index (κ1) is 31.6. The Hall–Kier alpha value is -2.36. The van der Waals surface area contributed by atoms with Crippen LogP contribution in [-0.4, -0.2) is 15.9 Å². The number of aromatic nitrogens is 1. The number of halogens is 1. The maximum Gasteiger partial charge on any atom is 0.164 e. The molecule has 34 heavy (non-hydrogen) atoms. The number of aryl methyl sites for hydroxylation is 2. The Balaban J connectivity index is 0.000000651. The van der Waals surface area contributed by atoms with Crippen molar-refractivity contribution in [3.8, 4) is 11.3 Å². The summed E-state index contributed by atoms with van der Waals surface area (Å²) >= 11 is 0. The topological polar surface area (TPSA) is 50.2 Å². The fourth-order valence-corrected chi connectivity index (χ4v) is 2.94. The second kappa shape index (κ2) is 12.4. The molecule has 0 aliphatic heterocycles. The van der Waals surface area contributed by atoms with Gasteiger partial charge >= 0.3 is 0 Å². The quantitative estimate of drug-likeness (QED) is 0.174. The van der Waals surface area contributed by atoms with Gasteiger partial charge in [-0.25, -0.2) is 4.39 Å². The average molecular weight is 643 g/mol. The number of rotatable bonds is 2. The van der Waals surface area contributed by atoms with Crippen LogP contribution in [0.4, 0.5) is 4.39 Å². The van der Waals surface area contributed by atoms with Gasteiger partial charge in [0, 0.05) is 43.2 Å². The molecule has 3 rings (SSSR count). The van der Waals surface area contributed by atoms with E-state index >= 15 is 0 Å². The van der Waals surface area contributed by atoms with E-state index in [2.05, 4.69) is 17.1 Å². The molecule has 0 bridgehead atoms. The molecule has 187 valence electrons. The molecule has 1 aromatic heterocycles. The largest absolute Gasteiger partial charge is 0.512 e. The van der Waals surface area contributed by atoms with E-state index in [1.807, 2.05) is 67.5 Å². The van der Waals surface area contributed by atoms with E-state index in [0.29, 0.717) is 0 Å². The summed E-state index contributed by atoms with van der Waals surface area (Å²) in [7, 11) is 0. The molecule has 3 aromatic rings. The first-order valence-electron chi connectivity index (χ1n) is 10.7. The van der Waals surface area contributed by atoms with Crippen molar-refractivity contribution in [1.82, 2.24) is 4.98 Å². The molecule has 1 N–H and O–H groups in total. The predicted octanol–water partition coefficient (Wildman–Crippen LogP) is 8.18. The van der Waals surface area contributed by atoms with Crippen LogP contribution in [0.5, 0.6) is 0 Å². The van der Waals surface area contributed by atoms with Crippen LogP contribution >= 0.6 is 0 Å². The van der Waals surface area contributed by atoms with Crippen LogP contribution < -0.4 is 0 Å². The molecule has 3 nitrogen and oxygen atoms in total. The summed E-state index contributed by atoms with van der Waals surface area (Å²) in [5, 5.41) is 11.4. The van der Waals surface area contributed by atoms with Crippen molar-refractivity contribution in [3.63, 3.8) is 0 Å².